The number of carbonyl (C=O) groups is 1. The van der Waals surface area contributed by atoms with Gasteiger partial charge in [-0.25, -0.2) is 0 Å². The van der Waals surface area contributed by atoms with Gasteiger partial charge in [-0.3, -0.25) is 4.79 Å². The lowest BCUT2D eigenvalue weighted by Crippen LogP contribution is -2.69. The smallest absolute Gasteiger partial charge is 0.223 e. The van der Waals surface area contributed by atoms with E-state index in [2.05, 4.69) is 38.3 Å². The highest BCUT2D eigenvalue weighted by Gasteiger charge is 2.58. The van der Waals surface area contributed by atoms with Gasteiger partial charge in [0.1, 0.15) is 0 Å². The standard InChI is InChI=1S/C15H28N2O2/c1-10-8-11(6-7-16-10)13(18)17-12-9-15(4,19-5)14(12,2)3/h10-12,16H,6-9H2,1-5H3,(H,17,18)/t10-,11-,12?,15?/m0/s1. The molecule has 1 aliphatic carbocycles. The van der Waals surface area contributed by atoms with Crippen LogP contribution in [0.1, 0.15) is 47.0 Å². The van der Waals surface area contributed by atoms with Gasteiger partial charge in [0.05, 0.1) is 5.60 Å². The average molecular weight is 268 g/mol. The van der Waals surface area contributed by atoms with E-state index in [-0.39, 0.29) is 28.9 Å². The van der Waals surface area contributed by atoms with Crippen LogP contribution in [-0.4, -0.2) is 37.2 Å². The Bertz CT molecular complexity index is 356. The molecule has 4 atom stereocenters. The third-order valence-electron chi connectivity index (χ3n) is 5.59. The minimum absolute atomic E-state index is 0.00402. The van der Waals surface area contributed by atoms with Gasteiger partial charge < -0.3 is 15.4 Å². The first-order chi connectivity index (χ1) is 8.80. The molecule has 1 amide bonds. The van der Waals surface area contributed by atoms with Crippen molar-refractivity contribution in [3.63, 3.8) is 0 Å². The number of nitrogens with one attached hydrogen (secondary N) is 2. The maximum absolute atomic E-state index is 12.4. The number of carbonyl (C=O) groups excluding carboxylic acids is 1. The zero-order valence-electron chi connectivity index (χ0n) is 12.9. The quantitative estimate of drug-likeness (QED) is 0.819. The fraction of sp³-hybridized carbons (Fsp3) is 0.933. The maximum atomic E-state index is 12.4. The summed E-state index contributed by atoms with van der Waals surface area (Å²) in [6, 6.07) is 0.679. The van der Waals surface area contributed by atoms with Crippen LogP contribution >= 0.6 is 0 Å². The van der Waals surface area contributed by atoms with E-state index in [4.69, 9.17) is 4.74 Å². The summed E-state index contributed by atoms with van der Waals surface area (Å²) in [6.07, 6.45) is 2.80. The Kier molecular flexibility index (Phi) is 3.94. The zero-order chi connectivity index (χ0) is 14.3. The fourth-order valence-corrected chi connectivity index (χ4v) is 3.38. The Balaban J connectivity index is 1.91. The molecule has 0 aromatic carbocycles. The Morgan fingerprint density at radius 2 is 2.05 bits per heavy atom. The van der Waals surface area contributed by atoms with Crippen LogP contribution in [-0.2, 0) is 9.53 Å². The molecular weight excluding hydrogens is 240 g/mol. The summed E-state index contributed by atoms with van der Waals surface area (Å²) in [5.41, 5.74) is -0.123. The molecule has 2 unspecified atom stereocenters. The molecule has 110 valence electrons. The molecule has 19 heavy (non-hydrogen) atoms. The van der Waals surface area contributed by atoms with Gasteiger partial charge in [-0.2, -0.15) is 0 Å². The Morgan fingerprint density at radius 3 is 2.58 bits per heavy atom. The van der Waals surface area contributed by atoms with Gasteiger partial charge in [0, 0.05) is 30.5 Å². The van der Waals surface area contributed by atoms with Gasteiger partial charge in [0.15, 0.2) is 0 Å². The van der Waals surface area contributed by atoms with Gasteiger partial charge in [-0.05, 0) is 39.7 Å². The van der Waals surface area contributed by atoms with Crippen molar-refractivity contribution in [2.75, 3.05) is 13.7 Å². The van der Waals surface area contributed by atoms with Gasteiger partial charge in [-0.15, -0.1) is 0 Å². The molecule has 4 nitrogen and oxygen atoms in total. The predicted octanol–water partition coefficient (Wildman–Crippen LogP) is 1.69. The Labute approximate surface area is 116 Å². The molecule has 1 heterocycles. The molecule has 0 spiro atoms. The number of rotatable bonds is 3. The maximum Gasteiger partial charge on any atom is 0.223 e. The van der Waals surface area contributed by atoms with E-state index >= 15 is 0 Å². The molecule has 1 saturated heterocycles. The molecule has 2 rings (SSSR count). The van der Waals surface area contributed by atoms with Crippen molar-refractivity contribution in [1.82, 2.24) is 10.6 Å². The summed E-state index contributed by atoms with van der Waals surface area (Å²) in [7, 11) is 1.76. The lowest BCUT2D eigenvalue weighted by molar-refractivity contribution is -0.183. The van der Waals surface area contributed by atoms with E-state index in [1.165, 1.54) is 0 Å². The first-order valence-corrected chi connectivity index (χ1v) is 7.39. The van der Waals surface area contributed by atoms with Crippen LogP contribution in [0.15, 0.2) is 0 Å². The Hall–Kier alpha value is -0.610. The highest BCUT2D eigenvalue weighted by Crippen LogP contribution is 2.51. The van der Waals surface area contributed by atoms with Gasteiger partial charge in [0.25, 0.3) is 0 Å². The topological polar surface area (TPSA) is 50.4 Å². The molecule has 4 heteroatoms. The first-order valence-electron chi connectivity index (χ1n) is 7.39. The van der Waals surface area contributed by atoms with Gasteiger partial charge in [0.2, 0.25) is 5.91 Å². The normalized spacial score (nSPS) is 41.4. The van der Waals surface area contributed by atoms with Gasteiger partial charge >= 0.3 is 0 Å². The molecule has 2 fully saturated rings. The SMILES string of the molecule is COC1(C)CC(NC(=O)[C@H]2CCN[C@@H](C)C2)C1(C)C. The van der Waals surface area contributed by atoms with Crippen molar-refractivity contribution < 1.29 is 9.53 Å². The van der Waals surface area contributed by atoms with Crippen LogP contribution in [0.25, 0.3) is 0 Å². The van der Waals surface area contributed by atoms with Crippen molar-refractivity contribution in [2.24, 2.45) is 11.3 Å². The fourth-order valence-electron chi connectivity index (χ4n) is 3.38. The summed E-state index contributed by atoms with van der Waals surface area (Å²) >= 11 is 0. The molecule has 1 aliphatic heterocycles. The van der Waals surface area contributed by atoms with Crippen LogP contribution < -0.4 is 10.6 Å². The third kappa shape index (κ3) is 2.52. The lowest BCUT2D eigenvalue weighted by Gasteiger charge is -2.59. The van der Waals surface area contributed by atoms with Crippen molar-refractivity contribution in [1.29, 1.82) is 0 Å². The minimum Gasteiger partial charge on any atom is -0.378 e. The van der Waals surface area contributed by atoms with Crippen molar-refractivity contribution >= 4 is 5.91 Å². The molecular formula is C15H28N2O2. The summed E-state index contributed by atoms with van der Waals surface area (Å²) in [6.45, 7) is 9.58. The second-order valence-electron chi connectivity index (χ2n) is 7.00. The highest BCUT2D eigenvalue weighted by atomic mass is 16.5. The van der Waals surface area contributed by atoms with E-state index in [1.54, 1.807) is 7.11 Å². The largest absolute Gasteiger partial charge is 0.378 e. The second-order valence-corrected chi connectivity index (χ2v) is 7.00. The van der Waals surface area contributed by atoms with Crippen LogP contribution in [0.2, 0.25) is 0 Å². The second kappa shape index (κ2) is 5.06. The summed E-state index contributed by atoms with van der Waals surface area (Å²) < 4.78 is 5.60. The number of methoxy groups -OCH3 is 1. The van der Waals surface area contributed by atoms with Crippen molar-refractivity contribution in [2.45, 2.75) is 64.6 Å². The van der Waals surface area contributed by atoms with E-state index in [9.17, 15) is 4.79 Å². The van der Waals surface area contributed by atoms with E-state index in [0.717, 1.165) is 25.8 Å². The molecule has 0 bridgehead atoms. The number of hydrogen-bond donors (Lipinski definition) is 2. The predicted molar refractivity (Wildman–Crippen MR) is 75.9 cm³/mol. The molecule has 2 aliphatic rings. The van der Waals surface area contributed by atoms with Crippen molar-refractivity contribution in [3.8, 4) is 0 Å². The number of piperidine rings is 1. The van der Waals surface area contributed by atoms with E-state index in [0.29, 0.717) is 6.04 Å². The van der Waals surface area contributed by atoms with Crippen LogP contribution in [0.5, 0.6) is 0 Å². The molecule has 0 aromatic heterocycles. The van der Waals surface area contributed by atoms with E-state index in [1.807, 2.05) is 0 Å². The average Bonchev–Trinajstić information content (AvgIpc) is 2.37. The van der Waals surface area contributed by atoms with E-state index < -0.39 is 0 Å². The summed E-state index contributed by atoms with van der Waals surface area (Å²) in [5.74, 6) is 0.394. The van der Waals surface area contributed by atoms with Gasteiger partial charge in [-0.1, -0.05) is 13.8 Å². The van der Waals surface area contributed by atoms with Crippen LogP contribution in [0.3, 0.4) is 0 Å². The molecule has 1 saturated carbocycles. The zero-order valence-corrected chi connectivity index (χ0v) is 12.9. The minimum atomic E-state index is -0.119. The first kappa shape index (κ1) is 14.8. The number of amides is 1. The molecule has 0 aromatic rings. The molecule has 0 radical (unpaired) electrons. The lowest BCUT2D eigenvalue weighted by atomic mass is 9.55. The number of hydrogen-bond acceptors (Lipinski definition) is 3. The van der Waals surface area contributed by atoms with Crippen LogP contribution in [0.4, 0.5) is 0 Å². The summed E-state index contributed by atoms with van der Waals surface area (Å²) in [5, 5.41) is 6.63. The number of ether oxygens (including phenoxy) is 1. The van der Waals surface area contributed by atoms with Crippen molar-refractivity contribution in [3.05, 3.63) is 0 Å². The Morgan fingerprint density at radius 1 is 1.37 bits per heavy atom. The highest BCUT2D eigenvalue weighted by molar-refractivity contribution is 5.79. The molecule has 2 N–H and O–H groups in total. The van der Waals surface area contributed by atoms with Crippen LogP contribution in [0, 0.1) is 11.3 Å². The summed E-state index contributed by atoms with van der Waals surface area (Å²) in [4.78, 5) is 12.4. The monoisotopic (exact) mass is 268 g/mol. The third-order valence-corrected chi connectivity index (χ3v) is 5.59.